The molecule has 3 aromatic carbocycles. The smallest absolute Gasteiger partial charge is 0.196 e. The summed E-state index contributed by atoms with van der Waals surface area (Å²) in [7, 11) is 0. The number of phenols is 1. The van der Waals surface area contributed by atoms with Crippen LogP contribution in [0.2, 0.25) is 0 Å². The summed E-state index contributed by atoms with van der Waals surface area (Å²) in [6.45, 7) is 0.615. The molecule has 26 heavy (non-hydrogen) atoms. The highest BCUT2D eigenvalue weighted by Crippen LogP contribution is 2.31. The minimum Gasteiger partial charge on any atom is -0.508 e. The predicted molar refractivity (Wildman–Crippen MR) is 100 cm³/mol. The third kappa shape index (κ3) is 2.75. The summed E-state index contributed by atoms with van der Waals surface area (Å²) >= 11 is 0. The molecule has 0 aliphatic heterocycles. The first-order valence-electron chi connectivity index (χ1n) is 8.48. The summed E-state index contributed by atoms with van der Waals surface area (Å²) in [5.74, 6) is 0.00179. The SMILES string of the molecule is O=C1c2ccccc2C(=O)c2c(NCCc3ccc(O)cc3)cccc21. The number of benzene rings is 3. The van der Waals surface area contributed by atoms with Gasteiger partial charge in [-0.3, -0.25) is 9.59 Å². The monoisotopic (exact) mass is 343 g/mol. The molecule has 1 aliphatic rings. The van der Waals surface area contributed by atoms with Crippen molar-refractivity contribution >= 4 is 17.3 Å². The van der Waals surface area contributed by atoms with Gasteiger partial charge >= 0.3 is 0 Å². The van der Waals surface area contributed by atoms with Crippen LogP contribution in [-0.4, -0.2) is 23.2 Å². The maximum absolute atomic E-state index is 12.9. The Labute approximate surface area is 151 Å². The van der Waals surface area contributed by atoms with Crippen LogP contribution in [-0.2, 0) is 6.42 Å². The van der Waals surface area contributed by atoms with Crippen molar-refractivity contribution in [3.8, 4) is 5.75 Å². The number of aromatic hydroxyl groups is 1. The maximum atomic E-state index is 12.9. The number of rotatable bonds is 4. The molecule has 0 bridgehead atoms. The van der Waals surface area contributed by atoms with Gasteiger partial charge in [0.25, 0.3) is 0 Å². The van der Waals surface area contributed by atoms with Crippen molar-refractivity contribution in [3.63, 3.8) is 0 Å². The number of hydrogen-bond donors (Lipinski definition) is 2. The predicted octanol–water partition coefficient (Wildman–Crippen LogP) is 3.82. The highest BCUT2D eigenvalue weighted by Gasteiger charge is 2.31. The molecular weight excluding hydrogens is 326 g/mol. The van der Waals surface area contributed by atoms with Crippen LogP contribution in [0.4, 0.5) is 5.69 Å². The number of nitrogens with one attached hydrogen (secondary N) is 1. The lowest BCUT2D eigenvalue weighted by atomic mass is 9.83. The van der Waals surface area contributed by atoms with Crippen LogP contribution in [0.5, 0.6) is 5.75 Å². The zero-order chi connectivity index (χ0) is 18.1. The van der Waals surface area contributed by atoms with Gasteiger partial charge in [0.05, 0.1) is 5.56 Å². The lowest BCUT2D eigenvalue weighted by Crippen LogP contribution is -2.22. The summed E-state index contributed by atoms with van der Waals surface area (Å²) in [6.07, 6.45) is 0.739. The van der Waals surface area contributed by atoms with Crippen molar-refractivity contribution in [2.45, 2.75) is 6.42 Å². The van der Waals surface area contributed by atoms with E-state index in [2.05, 4.69) is 5.32 Å². The minimum atomic E-state index is -0.122. The second-order valence-corrected chi connectivity index (χ2v) is 6.28. The molecule has 0 amide bonds. The van der Waals surface area contributed by atoms with Gasteiger partial charge in [0.2, 0.25) is 0 Å². The molecule has 3 aromatic rings. The molecule has 1 aliphatic carbocycles. The third-order valence-corrected chi connectivity index (χ3v) is 4.62. The highest BCUT2D eigenvalue weighted by molar-refractivity contribution is 6.30. The van der Waals surface area contributed by atoms with E-state index < -0.39 is 0 Å². The summed E-state index contributed by atoms with van der Waals surface area (Å²) in [5.41, 5.74) is 3.57. The van der Waals surface area contributed by atoms with E-state index in [1.807, 2.05) is 18.2 Å². The number of ketones is 2. The molecule has 0 saturated carbocycles. The quantitative estimate of drug-likeness (QED) is 0.591. The first kappa shape index (κ1) is 16.1. The van der Waals surface area contributed by atoms with E-state index in [4.69, 9.17) is 0 Å². The Hall–Kier alpha value is -3.40. The first-order chi connectivity index (χ1) is 12.6. The Morgan fingerprint density at radius 3 is 2.12 bits per heavy atom. The van der Waals surface area contributed by atoms with Crippen molar-refractivity contribution < 1.29 is 14.7 Å². The topological polar surface area (TPSA) is 66.4 Å². The number of phenolic OH excluding ortho intramolecular Hbond substituents is 1. The minimum absolute atomic E-state index is 0.114. The molecule has 0 aromatic heterocycles. The van der Waals surface area contributed by atoms with Crippen LogP contribution in [0.25, 0.3) is 0 Å². The van der Waals surface area contributed by atoms with Crippen LogP contribution >= 0.6 is 0 Å². The van der Waals surface area contributed by atoms with E-state index in [-0.39, 0.29) is 17.3 Å². The molecule has 0 unspecified atom stereocenters. The molecule has 4 nitrogen and oxygen atoms in total. The maximum Gasteiger partial charge on any atom is 0.196 e. The van der Waals surface area contributed by atoms with Gasteiger partial charge in [-0.05, 0) is 30.2 Å². The van der Waals surface area contributed by atoms with Gasteiger partial charge in [-0.2, -0.15) is 0 Å². The van der Waals surface area contributed by atoms with Gasteiger partial charge < -0.3 is 10.4 Å². The molecule has 2 N–H and O–H groups in total. The molecule has 0 spiro atoms. The molecule has 0 atom stereocenters. The number of fused-ring (bicyclic) bond motifs is 2. The molecule has 0 fully saturated rings. The van der Waals surface area contributed by atoms with Gasteiger partial charge in [0, 0.05) is 28.9 Å². The van der Waals surface area contributed by atoms with Crippen molar-refractivity contribution in [2.75, 3.05) is 11.9 Å². The molecule has 0 heterocycles. The fourth-order valence-corrected chi connectivity index (χ4v) is 3.30. The van der Waals surface area contributed by atoms with Crippen molar-refractivity contribution in [3.05, 3.63) is 94.5 Å². The summed E-state index contributed by atoms with van der Waals surface area (Å²) in [6, 6.07) is 19.3. The Morgan fingerprint density at radius 1 is 0.731 bits per heavy atom. The number of carbonyl (C=O) groups is 2. The van der Waals surface area contributed by atoms with E-state index in [9.17, 15) is 14.7 Å². The number of anilines is 1. The Bertz CT molecular complexity index is 1010. The van der Waals surface area contributed by atoms with Crippen LogP contribution in [0.1, 0.15) is 37.4 Å². The van der Waals surface area contributed by atoms with E-state index >= 15 is 0 Å². The fourth-order valence-electron chi connectivity index (χ4n) is 3.30. The van der Waals surface area contributed by atoms with Crippen LogP contribution in [0.3, 0.4) is 0 Å². The zero-order valence-corrected chi connectivity index (χ0v) is 14.0. The van der Waals surface area contributed by atoms with Gasteiger partial charge in [0.15, 0.2) is 11.6 Å². The normalized spacial score (nSPS) is 12.5. The molecule has 128 valence electrons. The average Bonchev–Trinajstić information content (AvgIpc) is 2.67. The number of carbonyl (C=O) groups excluding carboxylic acids is 2. The fraction of sp³-hybridized carbons (Fsp3) is 0.0909. The van der Waals surface area contributed by atoms with E-state index in [0.717, 1.165) is 12.0 Å². The van der Waals surface area contributed by atoms with E-state index in [0.29, 0.717) is 34.5 Å². The lowest BCUT2D eigenvalue weighted by Gasteiger charge is -2.20. The van der Waals surface area contributed by atoms with Gasteiger partial charge in [-0.25, -0.2) is 0 Å². The largest absolute Gasteiger partial charge is 0.508 e. The average molecular weight is 343 g/mol. The first-order valence-corrected chi connectivity index (χ1v) is 8.48. The van der Waals surface area contributed by atoms with Crippen molar-refractivity contribution in [1.82, 2.24) is 0 Å². The molecule has 4 heteroatoms. The Balaban J connectivity index is 1.60. The van der Waals surface area contributed by atoms with Gasteiger partial charge in [-0.15, -0.1) is 0 Å². The lowest BCUT2D eigenvalue weighted by molar-refractivity contribution is 0.0979. The molecule has 0 radical (unpaired) electrons. The Morgan fingerprint density at radius 2 is 1.38 bits per heavy atom. The summed E-state index contributed by atoms with van der Waals surface area (Å²) < 4.78 is 0. The van der Waals surface area contributed by atoms with Crippen LogP contribution in [0, 0.1) is 0 Å². The van der Waals surface area contributed by atoms with Crippen LogP contribution in [0.15, 0.2) is 66.7 Å². The second-order valence-electron chi connectivity index (χ2n) is 6.28. The van der Waals surface area contributed by atoms with E-state index in [1.165, 1.54) is 0 Å². The second kappa shape index (κ2) is 6.48. The summed E-state index contributed by atoms with van der Waals surface area (Å²) in [5, 5.41) is 12.6. The zero-order valence-electron chi connectivity index (χ0n) is 14.0. The number of hydrogen-bond acceptors (Lipinski definition) is 4. The Kier molecular flexibility index (Phi) is 4.01. The standard InChI is InChI=1S/C22H17NO3/c24-15-10-8-14(9-11-15)12-13-23-19-7-3-6-18-20(19)22(26)17-5-2-1-4-16(17)21(18)25/h1-11,23-24H,12-13H2. The van der Waals surface area contributed by atoms with Crippen LogP contribution < -0.4 is 5.32 Å². The van der Waals surface area contributed by atoms with Crippen molar-refractivity contribution in [2.24, 2.45) is 0 Å². The molecule has 0 saturated heterocycles. The van der Waals surface area contributed by atoms with Gasteiger partial charge in [-0.1, -0.05) is 48.5 Å². The third-order valence-electron chi connectivity index (χ3n) is 4.62. The van der Waals surface area contributed by atoms with E-state index in [1.54, 1.807) is 48.5 Å². The highest BCUT2D eigenvalue weighted by atomic mass is 16.3. The molecule has 4 rings (SSSR count). The van der Waals surface area contributed by atoms with Gasteiger partial charge in [0.1, 0.15) is 5.75 Å². The van der Waals surface area contributed by atoms with Crippen molar-refractivity contribution in [1.29, 1.82) is 0 Å². The summed E-state index contributed by atoms with van der Waals surface area (Å²) in [4.78, 5) is 25.7. The molecular formula is C22H17NO3.